The first kappa shape index (κ1) is 19.3. The second-order valence-corrected chi connectivity index (χ2v) is 4.97. The first-order chi connectivity index (χ1) is 9.15. The summed E-state index contributed by atoms with van der Waals surface area (Å²) in [5.41, 5.74) is 0. The normalized spacial score (nSPS) is 13.0. The topological polar surface area (TPSA) is 49.6 Å². The highest BCUT2D eigenvalue weighted by Crippen LogP contribution is 2.01. The summed E-state index contributed by atoms with van der Waals surface area (Å²) >= 11 is 0. The van der Waals surface area contributed by atoms with Gasteiger partial charge in [0.15, 0.2) is 5.96 Å². The Morgan fingerprint density at radius 2 is 1.80 bits per heavy atom. The van der Waals surface area contributed by atoms with Crippen LogP contribution < -0.4 is 10.6 Å². The molecule has 1 heterocycles. The summed E-state index contributed by atoms with van der Waals surface area (Å²) in [6, 6.07) is 4.76. The summed E-state index contributed by atoms with van der Waals surface area (Å²) in [6.45, 7) is 9.40. The SMILES string of the molecule is CCC(C)NC(=NCCc1ccco1)NC(C)CC.I. The van der Waals surface area contributed by atoms with E-state index in [9.17, 15) is 0 Å². The van der Waals surface area contributed by atoms with Crippen LogP contribution in [0.15, 0.2) is 27.8 Å². The van der Waals surface area contributed by atoms with E-state index in [2.05, 4.69) is 43.3 Å². The molecule has 0 fully saturated rings. The maximum Gasteiger partial charge on any atom is 0.191 e. The van der Waals surface area contributed by atoms with Gasteiger partial charge in [-0.3, -0.25) is 4.99 Å². The van der Waals surface area contributed by atoms with Gasteiger partial charge in [0.2, 0.25) is 0 Å². The predicted octanol–water partition coefficient (Wildman–Crippen LogP) is 3.57. The van der Waals surface area contributed by atoms with Crippen LogP contribution >= 0.6 is 24.0 Å². The lowest BCUT2D eigenvalue weighted by Gasteiger charge is -2.20. The molecule has 116 valence electrons. The second-order valence-electron chi connectivity index (χ2n) is 4.97. The molecule has 1 rings (SSSR count). The van der Waals surface area contributed by atoms with Crippen molar-refractivity contribution >= 4 is 29.9 Å². The van der Waals surface area contributed by atoms with Gasteiger partial charge < -0.3 is 15.1 Å². The van der Waals surface area contributed by atoms with Crippen LogP contribution in [0.1, 0.15) is 46.3 Å². The van der Waals surface area contributed by atoms with Gasteiger partial charge in [-0.15, -0.1) is 24.0 Å². The fourth-order valence-electron chi connectivity index (χ4n) is 1.54. The number of guanidine groups is 1. The molecule has 2 N–H and O–H groups in total. The third kappa shape index (κ3) is 7.77. The fraction of sp³-hybridized carbons (Fsp3) is 0.667. The van der Waals surface area contributed by atoms with Crippen LogP contribution in [0.2, 0.25) is 0 Å². The smallest absolute Gasteiger partial charge is 0.191 e. The largest absolute Gasteiger partial charge is 0.469 e. The number of furan rings is 1. The second kappa shape index (κ2) is 11.0. The van der Waals surface area contributed by atoms with Crippen molar-refractivity contribution in [3.63, 3.8) is 0 Å². The standard InChI is InChI=1S/C15H27N3O.HI/c1-5-12(3)17-15(18-13(4)6-2)16-10-9-14-8-7-11-19-14;/h7-8,11-13H,5-6,9-10H2,1-4H3,(H2,16,17,18);1H. The lowest BCUT2D eigenvalue weighted by molar-refractivity contribution is 0.510. The third-order valence-corrected chi connectivity index (χ3v) is 3.20. The molecule has 5 heteroatoms. The van der Waals surface area contributed by atoms with E-state index >= 15 is 0 Å². The van der Waals surface area contributed by atoms with E-state index in [1.807, 2.05) is 12.1 Å². The van der Waals surface area contributed by atoms with Gasteiger partial charge in [0, 0.05) is 25.0 Å². The molecule has 0 aliphatic carbocycles. The Balaban J connectivity index is 0.00000361. The molecule has 0 saturated carbocycles. The quantitative estimate of drug-likeness (QED) is 0.423. The number of rotatable bonds is 7. The zero-order valence-corrected chi connectivity index (χ0v) is 15.3. The van der Waals surface area contributed by atoms with Crippen LogP contribution in [0, 0.1) is 0 Å². The first-order valence-electron chi connectivity index (χ1n) is 7.25. The summed E-state index contributed by atoms with van der Waals surface area (Å²) in [7, 11) is 0. The molecule has 1 aromatic rings. The van der Waals surface area contributed by atoms with E-state index in [0.717, 1.165) is 37.5 Å². The summed E-state index contributed by atoms with van der Waals surface area (Å²) in [5, 5.41) is 6.84. The van der Waals surface area contributed by atoms with Crippen molar-refractivity contribution in [2.75, 3.05) is 6.54 Å². The number of hydrogen-bond acceptors (Lipinski definition) is 2. The Hall–Kier alpha value is -0.720. The lowest BCUT2D eigenvalue weighted by Crippen LogP contribution is -2.45. The molecule has 0 radical (unpaired) electrons. The molecule has 0 aliphatic heterocycles. The van der Waals surface area contributed by atoms with Crippen LogP contribution in [0.5, 0.6) is 0 Å². The van der Waals surface area contributed by atoms with Gasteiger partial charge in [0.25, 0.3) is 0 Å². The molecule has 0 spiro atoms. The van der Waals surface area contributed by atoms with Gasteiger partial charge in [-0.05, 0) is 38.8 Å². The fourth-order valence-corrected chi connectivity index (χ4v) is 1.54. The van der Waals surface area contributed by atoms with Gasteiger partial charge in [0.1, 0.15) is 5.76 Å². The molecule has 0 amide bonds. The molecule has 2 atom stereocenters. The molecule has 20 heavy (non-hydrogen) atoms. The number of aliphatic imine (C=N–C) groups is 1. The highest BCUT2D eigenvalue weighted by molar-refractivity contribution is 14.0. The van der Waals surface area contributed by atoms with E-state index in [-0.39, 0.29) is 24.0 Å². The molecular weight excluding hydrogens is 365 g/mol. The van der Waals surface area contributed by atoms with Crippen LogP contribution in [0.4, 0.5) is 0 Å². The average Bonchev–Trinajstić information content (AvgIpc) is 2.91. The zero-order chi connectivity index (χ0) is 14.1. The van der Waals surface area contributed by atoms with Crippen molar-refractivity contribution in [3.8, 4) is 0 Å². The number of hydrogen-bond donors (Lipinski definition) is 2. The maximum atomic E-state index is 5.31. The lowest BCUT2D eigenvalue weighted by atomic mass is 10.2. The molecule has 4 nitrogen and oxygen atoms in total. The predicted molar refractivity (Wildman–Crippen MR) is 95.9 cm³/mol. The van der Waals surface area contributed by atoms with Crippen molar-refractivity contribution in [2.24, 2.45) is 4.99 Å². The maximum absolute atomic E-state index is 5.31. The molecular formula is C15H28IN3O. The Morgan fingerprint density at radius 1 is 1.20 bits per heavy atom. The minimum Gasteiger partial charge on any atom is -0.469 e. The number of nitrogens with zero attached hydrogens (tertiary/aromatic N) is 1. The number of nitrogens with one attached hydrogen (secondary N) is 2. The van der Waals surface area contributed by atoms with Gasteiger partial charge in [0.05, 0.1) is 6.26 Å². The average molecular weight is 393 g/mol. The highest BCUT2D eigenvalue weighted by atomic mass is 127. The minimum absolute atomic E-state index is 0. The van der Waals surface area contributed by atoms with Crippen molar-refractivity contribution in [3.05, 3.63) is 24.2 Å². The van der Waals surface area contributed by atoms with Crippen LogP contribution in [-0.4, -0.2) is 24.6 Å². The molecule has 0 aromatic carbocycles. The van der Waals surface area contributed by atoms with E-state index in [1.54, 1.807) is 6.26 Å². The Kier molecular flexibility index (Phi) is 10.6. The molecule has 0 aliphatic rings. The van der Waals surface area contributed by atoms with E-state index < -0.39 is 0 Å². The molecule has 0 bridgehead atoms. The van der Waals surface area contributed by atoms with Gasteiger partial charge in [-0.1, -0.05) is 13.8 Å². The monoisotopic (exact) mass is 393 g/mol. The summed E-state index contributed by atoms with van der Waals surface area (Å²) in [6.07, 6.45) is 4.70. The summed E-state index contributed by atoms with van der Waals surface area (Å²) in [4.78, 5) is 4.61. The van der Waals surface area contributed by atoms with E-state index in [4.69, 9.17) is 4.42 Å². The highest BCUT2D eigenvalue weighted by Gasteiger charge is 2.06. The molecule has 2 unspecified atom stereocenters. The van der Waals surface area contributed by atoms with E-state index in [0.29, 0.717) is 12.1 Å². The van der Waals surface area contributed by atoms with E-state index in [1.165, 1.54) is 0 Å². The molecule has 1 aromatic heterocycles. The Bertz CT molecular complexity index is 351. The summed E-state index contributed by atoms with van der Waals surface area (Å²) < 4.78 is 5.31. The Morgan fingerprint density at radius 3 is 2.25 bits per heavy atom. The van der Waals surface area contributed by atoms with Crippen molar-refractivity contribution in [2.45, 2.75) is 59.0 Å². The Labute approximate surface area is 139 Å². The van der Waals surface area contributed by atoms with Crippen molar-refractivity contribution < 1.29 is 4.42 Å². The third-order valence-electron chi connectivity index (χ3n) is 3.20. The number of halogens is 1. The van der Waals surface area contributed by atoms with Gasteiger partial charge in [-0.25, -0.2) is 0 Å². The minimum atomic E-state index is 0. The zero-order valence-electron chi connectivity index (χ0n) is 13.0. The van der Waals surface area contributed by atoms with Crippen molar-refractivity contribution in [1.82, 2.24) is 10.6 Å². The first-order valence-corrected chi connectivity index (χ1v) is 7.25. The van der Waals surface area contributed by atoms with Gasteiger partial charge in [-0.2, -0.15) is 0 Å². The van der Waals surface area contributed by atoms with Crippen LogP contribution in [0.3, 0.4) is 0 Å². The summed E-state index contributed by atoms with van der Waals surface area (Å²) in [5.74, 6) is 1.88. The van der Waals surface area contributed by atoms with Crippen LogP contribution in [-0.2, 0) is 6.42 Å². The molecule has 0 saturated heterocycles. The van der Waals surface area contributed by atoms with Crippen molar-refractivity contribution in [1.29, 1.82) is 0 Å². The van der Waals surface area contributed by atoms with Gasteiger partial charge >= 0.3 is 0 Å². The van der Waals surface area contributed by atoms with Crippen LogP contribution in [0.25, 0.3) is 0 Å².